The van der Waals surface area contributed by atoms with Crippen molar-refractivity contribution in [3.05, 3.63) is 36.0 Å². The van der Waals surface area contributed by atoms with Crippen LogP contribution in [-0.2, 0) is 14.3 Å². The zero-order chi connectivity index (χ0) is 16.3. The molecule has 0 aromatic rings. The number of fused-ring (bicyclic) bond motifs is 3. The van der Waals surface area contributed by atoms with Crippen LogP contribution in [0.4, 0.5) is 0 Å². The van der Waals surface area contributed by atoms with E-state index in [1.165, 1.54) is 6.92 Å². The lowest BCUT2D eigenvalue weighted by molar-refractivity contribution is -0.140. The van der Waals surface area contributed by atoms with Gasteiger partial charge in [0.1, 0.15) is 24.4 Å². The Morgan fingerprint density at radius 1 is 1.50 bits per heavy atom. The lowest BCUT2D eigenvalue weighted by atomic mass is 9.58. The molecule has 5 nitrogen and oxygen atoms in total. The molecule has 6 unspecified atom stereocenters. The SMILES string of the molecule is C=C(COC(C)=O)C12OC1C1(C)C(=CC2O)C=CC(O)C1C. The molecule has 0 aromatic carbocycles. The molecule has 2 N–H and O–H groups in total. The molecular weight excluding hydrogens is 284 g/mol. The van der Waals surface area contributed by atoms with Gasteiger partial charge in [-0.25, -0.2) is 0 Å². The molecule has 0 bridgehead atoms. The Morgan fingerprint density at radius 2 is 2.18 bits per heavy atom. The third-order valence-corrected chi connectivity index (χ3v) is 5.52. The van der Waals surface area contributed by atoms with Crippen molar-refractivity contribution in [3.63, 3.8) is 0 Å². The monoisotopic (exact) mass is 306 g/mol. The van der Waals surface area contributed by atoms with Crippen molar-refractivity contribution in [2.75, 3.05) is 6.61 Å². The summed E-state index contributed by atoms with van der Waals surface area (Å²) in [7, 11) is 0. The number of epoxide rings is 1. The quantitative estimate of drug-likeness (QED) is 0.464. The summed E-state index contributed by atoms with van der Waals surface area (Å²) < 4.78 is 10.9. The zero-order valence-electron chi connectivity index (χ0n) is 13.1. The molecule has 1 aliphatic heterocycles. The third-order valence-electron chi connectivity index (χ3n) is 5.52. The van der Waals surface area contributed by atoms with E-state index in [9.17, 15) is 15.0 Å². The maximum Gasteiger partial charge on any atom is 0.302 e. The zero-order valence-corrected chi connectivity index (χ0v) is 13.1. The Balaban J connectivity index is 1.94. The van der Waals surface area contributed by atoms with E-state index >= 15 is 0 Å². The molecule has 120 valence electrons. The van der Waals surface area contributed by atoms with E-state index < -0.39 is 29.2 Å². The minimum Gasteiger partial charge on any atom is -0.461 e. The summed E-state index contributed by atoms with van der Waals surface area (Å²) in [5.41, 5.74) is 0.184. The average molecular weight is 306 g/mol. The first-order valence-electron chi connectivity index (χ1n) is 7.50. The van der Waals surface area contributed by atoms with Gasteiger partial charge < -0.3 is 19.7 Å². The average Bonchev–Trinajstić information content (AvgIpc) is 3.22. The molecule has 1 fully saturated rings. The Labute approximate surface area is 129 Å². The smallest absolute Gasteiger partial charge is 0.302 e. The fourth-order valence-corrected chi connectivity index (χ4v) is 3.82. The first kappa shape index (κ1) is 15.5. The molecule has 3 rings (SSSR count). The van der Waals surface area contributed by atoms with Crippen LogP contribution in [0.25, 0.3) is 0 Å². The number of carbonyl (C=O) groups excluding carboxylic acids is 1. The topological polar surface area (TPSA) is 79.3 Å². The van der Waals surface area contributed by atoms with Gasteiger partial charge in [0.2, 0.25) is 0 Å². The van der Waals surface area contributed by atoms with E-state index in [0.717, 1.165) is 5.57 Å². The molecule has 0 amide bonds. The molecule has 0 saturated carbocycles. The Kier molecular flexibility index (Phi) is 3.36. The van der Waals surface area contributed by atoms with Gasteiger partial charge in [-0.05, 0) is 23.1 Å². The minimum absolute atomic E-state index is 0.0227. The Hall–Kier alpha value is -1.43. The highest BCUT2D eigenvalue weighted by molar-refractivity contribution is 5.66. The van der Waals surface area contributed by atoms with E-state index in [2.05, 4.69) is 6.58 Å². The number of hydrogen-bond acceptors (Lipinski definition) is 5. The van der Waals surface area contributed by atoms with Crippen LogP contribution in [0.15, 0.2) is 36.0 Å². The van der Waals surface area contributed by atoms with Crippen LogP contribution in [0.3, 0.4) is 0 Å². The predicted molar refractivity (Wildman–Crippen MR) is 79.9 cm³/mol. The van der Waals surface area contributed by atoms with E-state index in [0.29, 0.717) is 5.57 Å². The van der Waals surface area contributed by atoms with E-state index in [-0.39, 0.29) is 18.6 Å². The van der Waals surface area contributed by atoms with Gasteiger partial charge in [-0.15, -0.1) is 0 Å². The lowest BCUT2D eigenvalue weighted by Gasteiger charge is -2.44. The van der Waals surface area contributed by atoms with Gasteiger partial charge in [0.15, 0.2) is 0 Å². The molecule has 1 heterocycles. The maximum absolute atomic E-state index is 11.0. The van der Waals surface area contributed by atoms with Crippen LogP contribution in [-0.4, -0.2) is 46.7 Å². The summed E-state index contributed by atoms with van der Waals surface area (Å²) in [5, 5.41) is 20.7. The summed E-state index contributed by atoms with van der Waals surface area (Å²) >= 11 is 0. The number of carbonyl (C=O) groups is 1. The largest absolute Gasteiger partial charge is 0.461 e. The first-order chi connectivity index (χ1) is 10.2. The first-order valence-corrected chi connectivity index (χ1v) is 7.50. The Morgan fingerprint density at radius 3 is 2.82 bits per heavy atom. The molecule has 6 atom stereocenters. The maximum atomic E-state index is 11.0. The molecule has 0 aromatic heterocycles. The molecule has 1 saturated heterocycles. The second kappa shape index (κ2) is 4.78. The van der Waals surface area contributed by atoms with Crippen molar-refractivity contribution in [2.45, 2.75) is 44.7 Å². The van der Waals surface area contributed by atoms with Crippen molar-refractivity contribution in [3.8, 4) is 0 Å². The number of rotatable bonds is 3. The van der Waals surface area contributed by atoms with Gasteiger partial charge in [-0.3, -0.25) is 4.79 Å². The van der Waals surface area contributed by atoms with Gasteiger partial charge in [0, 0.05) is 12.3 Å². The van der Waals surface area contributed by atoms with Crippen LogP contribution in [0.5, 0.6) is 0 Å². The summed E-state index contributed by atoms with van der Waals surface area (Å²) in [4.78, 5) is 11.0. The Bertz CT molecular complexity index is 592. The van der Waals surface area contributed by atoms with E-state index in [4.69, 9.17) is 9.47 Å². The van der Waals surface area contributed by atoms with Crippen molar-refractivity contribution in [2.24, 2.45) is 11.3 Å². The normalized spacial score (nSPS) is 45.4. The summed E-state index contributed by atoms with van der Waals surface area (Å²) in [5.74, 6) is -0.448. The van der Waals surface area contributed by atoms with Crippen molar-refractivity contribution in [1.29, 1.82) is 0 Å². The van der Waals surface area contributed by atoms with Gasteiger partial charge in [-0.2, -0.15) is 0 Å². The molecule has 3 aliphatic rings. The van der Waals surface area contributed by atoms with Gasteiger partial charge >= 0.3 is 5.97 Å². The number of aliphatic hydroxyl groups excluding tert-OH is 2. The van der Waals surface area contributed by atoms with Crippen molar-refractivity contribution in [1.82, 2.24) is 0 Å². The summed E-state index contributed by atoms with van der Waals surface area (Å²) in [6, 6.07) is 0. The fourth-order valence-electron chi connectivity index (χ4n) is 3.82. The second-order valence-corrected chi connectivity index (χ2v) is 6.66. The van der Waals surface area contributed by atoms with Crippen LogP contribution in [0.1, 0.15) is 20.8 Å². The lowest BCUT2D eigenvalue weighted by Crippen LogP contribution is -2.50. The van der Waals surface area contributed by atoms with Crippen LogP contribution in [0, 0.1) is 11.3 Å². The summed E-state index contributed by atoms with van der Waals surface area (Å²) in [6.45, 7) is 9.32. The second-order valence-electron chi connectivity index (χ2n) is 6.66. The number of aliphatic hydroxyl groups is 2. The number of ether oxygens (including phenoxy) is 2. The highest BCUT2D eigenvalue weighted by Crippen LogP contribution is 2.63. The minimum atomic E-state index is -0.924. The van der Waals surface area contributed by atoms with E-state index in [1.807, 2.05) is 19.9 Å². The highest BCUT2D eigenvalue weighted by atomic mass is 16.6. The summed E-state index contributed by atoms with van der Waals surface area (Å²) in [6.07, 6.45) is 3.69. The number of allylic oxidation sites excluding steroid dienone is 1. The van der Waals surface area contributed by atoms with Gasteiger partial charge in [0.25, 0.3) is 0 Å². The molecule has 5 heteroatoms. The molecule has 0 spiro atoms. The number of hydrogen-bond donors (Lipinski definition) is 2. The van der Waals surface area contributed by atoms with Crippen molar-refractivity contribution >= 4 is 5.97 Å². The van der Waals surface area contributed by atoms with Crippen LogP contribution >= 0.6 is 0 Å². The van der Waals surface area contributed by atoms with Crippen LogP contribution in [0.2, 0.25) is 0 Å². The predicted octanol–water partition coefficient (Wildman–Crippen LogP) is 1.12. The molecule has 0 radical (unpaired) electrons. The van der Waals surface area contributed by atoms with Gasteiger partial charge in [0.05, 0.1) is 6.10 Å². The third kappa shape index (κ3) is 1.86. The van der Waals surface area contributed by atoms with Crippen LogP contribution < -0.4 is 0 Å². The standard InChI is InChI=1S/C17H22O5/c1-9(8-21-11(3)18)17-14(20)7-12-5-6-13(19)10(2)16(12,4)15(17)22-17/h5-7,10,13-15,19-20H,1,8H2,2-4H3. The fraction of sp³-hybridized carbons (Fsp3) is 0.588. The van der Waals surface area contributed by atoms with Crippen molar-refractivity contribution < 1.29 is 24.5 Å². The van der Waals surface area contributed by atoms with Gasteiger partial charge in [-0.1, -0.05) is 32.6 Å². The highest BCUT2D eigenvalue weighted by Gasteiger charge is 2.73. The number of esters is 1. The molecule has 2 aliphatic carbocycles. The van der Waals surface area contributed by atoms with E-state index in [1.54, 1.807) is 12.2 Å². The molecule has 22 heavy (non-hydrogen) atoms. The molecular formula is C17H22O5.